The van der Waals surface area contributed by atoms with Gasteiger partial charge in [0.15, 0.2) is 0 Å². The highest BCUT2D eigenvalue weighted by molar-refractivity contribution is 14.1. The molecule has 1 heterocycles. The summed E-state index contributed by atoms with van der Waals surface area (Å²) in [5, 5.41) is 10.5. The molecule has 0 saturated carbocycles. The van der Waals surface area contributed by atoms with E-state index >= 15 is 0 Å². The number of halogens is 2. The molecule has 1 atom stereocenters. The first-order chi connectivity index (χ1) is 8.63. The molecule has 0 aliphatic rings. The lowest BCUT2D eigenvalue weighted by Gasteiger charge is -2.15. The van der Waals surface area contributed by atoms with Crippen molar-refractivity contribution in [2.75, 3.05) is 0 Å². The topological polar surface area (TPSA) is 38.0 Å². The predicted molar refractivity (Wildman–Crippen MR) is 83.4 cm³/mol. The Bertz CT molecular complexity index is 542. The maximum Gasteiger partial charge on any atom is 0.142 e. The number of aromatic nitrogens is 2. The molecule has 0 bridgehead atoms. The van der Waals surface area contributed by atoms with Crippen LogP contribution in [0.5, 0.6) is 0 Å². The minimum atomic E-state index is -0.698. The molecule has 96 valence electrons. The number of benzene rings is 1. The Hall–Kier alpha value is -0.400. The van der Waals surface area contributed by atoms with Gasteiger partial charge in [-0.15, -0.1) is 0 Å². The summed E-state index contributed by atoms with van der Waals surface area (Å²) in [5.41, 5.74) is 0.852. The molecule has 1 N–H and O–H groups in total. The summed E-state index contributed by atoms with van der Waals surface area (Å²) < 4.78 is 4.00. The van der Waals surface area contributed by atoms with E-state index in [1.165, 1.54) is 0 Å². The van der Waals surface area contributed by atoms with Gasteiger partial charge in [0.2, 0.25) is 0 Å². The number of aryl methyl sites for hydroxylation is 1. The standard InChI is InChI=1S/C13H14BrIN2O/c1-2-6-17-7-5-16-13(17)12(18)10-8-9(15)3-4-11(10)14/h3-5,7-8,12,18H,2,6H2,1H3. The van der Waals surface area contributed by atoms with Crippen molar-refractivity contribution in [3.8, 4) is 0 Å². The average Bonchev–Trinajstić information content (AvgIpc) is 2.80. The summed E-state index contributed by atoms with van der Waals surface area (Å²) in [6.07, 6.45) is 3.96. The van der Waals surface area contributed by atoms with Gasteiger partial charge in [-0.25, -0.2) is 4.98 Å². The molecule has 0 aliphatic heterocycles. The number of imidazole rings is 1. The van der Waals surface area contributed by atoms with Crippen molar-refractivity contribution < 1.29 is 5.11 Å². The van der Waals surface area contributed by atoms with Gasteiger partial charge >= 0.3 is 0 Å². The van der Waals surface area contributed by atoms with Crippen molar-refractivity contribution >= 4 is 38.5 Å². The molecule has 18 heavy (non-hydrogen) atoms. The minimum Gasteiger partial charge on any atom is -0.380 e. The summed E-state index contributed by atoms with van der Waals surface area (Å²) in [4.78, 5) is 4.27. The zero-order valence-corrected chi connectivity index (χ0v) is 13.7. The van der Waals surface area contributed by atoms with Crippen molar-refractivity contribution in [3.63, 3.8) is 0 Å². The molecule has 5 heteroatoms. The van der Waals surface area contributed by atoms with Crippen LogP contribution >= 0.6 is 38.5 Å². The molecular weight excluding hydrogens is 407 g/mol. The van der Waals surface area contributed by atoms with Gasteiger partial charge < -0.3 is 9.67 Å². The van der Waals surface area contributed by atoms with Crippen molar-refractivity contribution in [3.05, 3.63) is 50.0 Å². The van der Waals surface area contributed by atoms with Crippen molar-refractivity contribution in [2.45, 2.75) is 26.0 Å². The van der Waals surface area contributed by atoms with Gasteiger partial charge in [-0.05, 0) is 47.2 Å². The van der Waals surface area contributed by atoms with Crippen LogP contribution in [0.25, 0.3) is 0 Å². The lowest BCUT2D eigenvalue weighted by atomic mass is 10.1. The van der Waals surface area contributed by atoms with E-state index in [0.29, 0.717) is 5.82 Å². The highest BCUT2D eigenvalue weighted by Crippen LogP contribution is 2.29. The first-order valence-electron chi connectivity index (χ1n) is 5.77. The van der Waals surface area contributed by atoms with Gasteiger partial charge in [-0.1, -0.05) is 22.9 Å². The van der Waals surface area contributed by atoms with Gasteiger partial charge in [0.05, 0.1) is 0 Å². The van der Waals surface area contributed by atoms with Crippen LogP contribution in [-0.2, 0) is 6.54 Å². The fourth-order valence-corrected chi connectivity index (χ4v) is 2.84. The number of hydrogen-bond acceptors (Lipinski definition) is 2. The fourth-order valence-electron chi connectivity index (χ4n) is 1.86. The van der Waals surface area contributed by atoms with Crippen LogP contribution in [0, 0.1) is 3.57 Å². The van der Waals surface area contributed by atoms with Crippen LogP contribution in [0.2, 0.25) is 0 Å². The largest absolute Gasteiger partial charge is 0.380 e. The molecular formula is C13H14BrIN2O. The van der Waals surface area contributed by atoms with Crippen LogP contribution in [0.3, 0.4) is 0 Å². The number of aliphatic hydroxyl groups excluding tert-OH is 1. The Morgan fingerprint density at radius 1 is 1.50 bits per heavy atom. The van der Waals surface area contributed by atoms with Crippen molar-refractivity contribution in [2.24, 2.45) is 0 Å². The molecule has 0 fully saturated rings. The minimum absolute atomic E-state index is 0.694. The molecule has 0 aliphatic carbocycles. The van der Waals surface area contributed by atoms with Crippen LogP contribution in [-0.4, -0.2) is 14.7 Å². The van der Waals surface area contributed by atoms with Gasteiger partial charge in [-0.2, -0.15) is 0 Å². The molecule has 0 saturated heterocycles. The quantitative estimate of drug-likeness (QED) is 0.765. The molecule has 1 aromatic carbocycles. The lowest BCUT2D eigenvalue weighted by molar-refractivity contribution is 0.203. The van der Waals surface area contributed by atoms with Crippen LogP contribution in [0.4, 0.5) is 0 Å². The summed E-state index contributed by atoms with van der Waals surface area (Å²) in [5.74, 6) is 0.694. The van der Waals surface area contributed by atoms with E-state index in [1.807, 2.05) is 29.0 Å². The van der Waals surface area contributed by atoms with E-state index in [2.05, 4.69) is 50.4 Å². The predicted octanol–water partition coefficient (Wildman–Crippen LogP) is 3.74. The number of nitrogens with zero attached hydrogens (tertiary/aromatic N) is 2. The number of rotatable bonds is 4. The molecule has 0 amide bonds. The molecule has 2 aromatic rings. The van der Waals surface area contributed by atoms with E-state index in [-0.39, 0.29) is 0 Å². The van der Waals surface area contributed by atoms with E-state index in [1.54, 1.807) is 6.20 Å². The third-order valence-corrected chi connectivity index (χ3v) is 4.10. The number of hydrogen-bond donors (Lipinski definition) is 1. The summed E-state index contributed by atoms with van der Waals surface area (Å²) in [6.45, 7) is 2.98. The average molecular weight is 421 g/mol. The molecule has 2 rings (SSSR count). The summed E-state index contributed by atoms with van der Waals surface area (Å²) >= 11 is 5.72. The second kappa shape index (κ2) is 6.16. The van der Waals surface area contributed by atoms with Crippen LogP contribution < -0.4 is 0 Å². The molecule has 3 nitrogen and oxygen atoms in total. The van der Waals surface area contributed by atoms with E-state index in [4.69, 9.17) is 0 Å². The second-order valence-corrected chi connectivity index (χ2v) is 6.15. The highest BCUT2D eigenvalue weighted by Gasteiger charge is 2.18. The van der Waals surface area contributed by atoms with E-state index in [9.17, 15) is 5.11 Å². The van der Waals surface area contributed by atoms with Gasteiger partial charge in [0, 0.05) is 32.5 Å². The van der Waals surface area contributed by atoms with Gasteiger partial charge in [0.1, 0.15) is 11.9 Å². The van der Waals surface area contributed by atoms with E-state index in [0.717, 1.165) is 26.6 Å². The Morgan fingerprint density at radius 3 is 3.00 bits per heavy atom. The summed E-state index contributed by atoms with van der Waals surface area (Å²) in [7, 11) is 0. The molecule has 0 radical (unpaired) electrons. The van der Waals surface area contributed by atoms with Crippen molar-refractivity contribution in [1.29, 1.82) is 0 Å². The second-order valence-electron chi connectivity index (χ2n) is 4.05. The third kappa shape index (κ3) is 2.95. The van der Waals surface area contributed by atoms with Gasteiger partial charge in [-0.3, -0.25) is 0 Å². The molecule has 1 aromatic heterocycles. The first kappa shape index (κ1) is 14.0. The molecule has 0 spiro atoms. The monoisotopic (exact) mass is 420 g/mol. The first-order valence-corrected chi connectivity index (χ1v) is 7.64. The SMILES string of the molecule is CCCn1ccnc1C(O)c1cc(I)ccc1Br. The Balaban J connectivity index is 2.38. The highest BCUT2D eigenvalue weighted by atomic mass is 127. The van der Waals surface area contributed by atoms with Crippen LogP contribution in [0.1, 0.15) is 30.8 Å². The maximum absolute atomic E-state index is 10.5. The lowest BCUT2D eigenvalue weighted by Crippen LogP contribution is -2.10. The normalized spacial score (nSPS) is 12.7. The Kier molecular flexibility index (Phi) is 4.80. The van der Waals surface area contributed by atoms with Gasteiger partial charge in [0.25, 0.3) is 0 Å². The summed E-state index contributed by atoms with van der Waals surface area (Å²) in [6, 6.07) is 5.92. The fraction of sp³-hybridized carbons (Fsp3) is 0.308. The smallest absolute Gasteiger partial charge is 0.142 e. The van der Waals surface area contributed by atoms with E-state index < -0.39 is 6.10 Å². The van der Waals surface area contributed by atoms with Crippen LogP contribution in [0.15, 0.2) is 35.1 Å². The number of aliphatic hydroxyl groups is 1. The Labute approximate surface area is 129 Å². The third-order valence-electron chi connectivity index (χ3n) is 2.71. The molecule has 1 unspecified atom stereocenters. The van der Waals surface area contributed by atoms with Crippen molar-refractivity contribution in [1.82, 2.24) is 9.55 Å². The zero-order valence-electron chi connectivity index (χ0n) is 9.98. The Morgan fingerprint density at radius 2 is 2.28 bits per heavy atom. The maximum atomic E-state index is 10.5. The zero-order chi connectivity index (χ0) is 13.1.